The normalized spacial score (nSPS) is 10.4. The minimum absolute atomic E-state index is 0.0204. The van der Waals surface area contributed by atoms with Gasteiger partial charge in [-0.15, -0.1) is 0 Å². The van der Waals surface area contributed by atoms with Crippen LogP contribution < -0.4 is 10.5 Å². The molecular formula is C17H16N2O4S. The van der Waals surface area contributed by atoms with Gasteiger partial charge in [0.15, 0.2) is 0 Å². The lowest BCUT2D eigenvalue weighted by molar-refractivity contribution is 0.141. The lowest BCUT2D eigenvalue weighted by Crippen LogP contribution is -2.24. The third kappa shape index (κ3) is 5.43. The summed E-state index contributed by atoms with van der Waals surface area (Å²) in [6.07, 6.45) is -0.604. The van der Waals surface area contributed by atoms with E-state index in [-0.39, 0.29) is 23.6 Å². The van der Waals surface area contributed by atoms with Crippen LogP contribution in [0.4, 0.5) is 4.79 Å². The lowest BCUT2D eigenvalue weighted by Gasteiger charge is -2.04. The maximum Gasteiger partial charge on any atom is 0.408 e. The largest absolute Gasteiger partial charge is 0.445 e. The molecule has 0 saturated heterocycles. The molecule has 24 heavy (non-hydrogen) atoms. The number of ether oxygens (including phenoxy) is 1. The Morgan fingerprint density at radius 1 is 1.08 bits per heavy atom. The average Bonchev–Trinajstić information content (AvgIpc) is 2.57. The van der Waals surface area contributed by atoms with Crippen molar-refractivity contribution >= 4 is 16.1 Å². The fourth-order valence-corrected chi connectivity index (χ4v) is 2.54. The first-order valence-corrected chi connectivity index (χ1v) is 8.57. The Hall–Kier alpha value is -2.82. The number of nitrogens with two attached hydrogens (primary N) is 1. The van der Waals surface area contributed by atoms with Crippen LogP contribution >= 0.6 is 0 Å². The zero-order valence-electron chi connectivity index (χ0n) is 12.7. The molecule has 0 fully saturated rings. The van der Waals surface area contributed by atoms with Gasteiger partial charge < -0.3 is 10.1 Å². The Kier molecular flexibility index (Phi) is 5.95. The third-order valence-electron chi connectivity index (χ3n) is 2.95. The van der Waals surface area contributed by atoms with Crippen molar-refractivity contribution in [1.29, 1.82) is 0 Å². The van der Waals surface area contributed by atoms with Gasteiger partial charge in [0.1, 0.15) is 6.61 Å². The molecule has 0 unspecified atom stereocenters. The van der Waals surface area contributed by atoms with E-state index in [4.69, 9.17) is 9.88 Å². The van der Waals surface area contributed by atoms with E-state index < -0.39 is 16.1 Å². The van der Waals surface area contributed by atoms with Crippen molar-refractivity contribution in [2.24, 2.45) is 5.14 Å². The molecule has 0 aliphatic heterocycles. The molecule has 0 aliphatic carbocycles. The standard InChI is InChI=1S/C17H16N2O4S/c18-24(21,22)16-11-5-4-9-15(16)10-6-12-19-17(20)23-13-14-7-2-1-3-8-14/h1-5,7-9,11H,12-13H2,(H,19,20)(H2,18,21,22). The number of hydrogen-bond donors (Lipinski definition) is 2. The van der Waals surface area contributed by atoms with Crippen molar-refractivity contribution in [3.8, 4) is 11.8 Å². The van der Waals surface area contributed by atoms with Gasteiger partial charge in [-0.05, 0) is 17.7 Å². The Bertz CT molecular complexity index is 868. The molecule has 0 aromatic heterocycles. The molecule has 7 heteroatoms. The summed E-state index contributed by atoms with van der Waals surface area (Å²) in [6.45, 7) is 0.181. The molecule has 6 nitrogen and oxygen atoms in total. The summed E-state index contributed by atoms with van der Waals surface area (Å²) < 4.78 is 27.9. The summed E-state index contributed by atoms with van der Waals surface area (Å²) in [7, 11) is -3.84. The van der Waals surface area contributed by atoms with Gasteiger partial charge in [0.25, 0.3) is 0 Å². The SMILES string of the molecule is NS(=O)(=O)c1ccccc1C#CCNC(=O)OCc1ccccc1. The number of hydrogen-bond acceptors (Lipinski definition) is 4. The first kappa shape index (κ1) is 17.5. The topological polar surface area (TPSA) is 98.5 Å². The molecule has 0 saturated carbocycles. The minimum Gasteiger partial charge on any atom is -0.445 e. The highest BCUT2D eigenvalue weighted by atomic mass is 32.2. The third-order valence-corrected chi connectivity index (χ3v) is 3.92. The summed E-state index contributed by atoms with van der Waals surface area (Å²) in [6, 6.07) is 15.4. The van der Waals surface area contributed by atoms with Crippen LogP contribution in [0.3, 0.4) is 0 Å². The molecule has 2 aromatic carbocycles. The highest BCUT2D eigenvalue weighted by Crippen LogP contribution is 2.11. The predicted octanol–water partition coefficient (Wildman–Crippen LogP) is 1.61. The Morgan fingerprint density at radius 2 is 1.75 bits per heavy atom. The Labute approximate surface area is 140 Å². The van der Waals surface area contributed by atoms with Crippen LogP contribution in [0, 0.1) is 11.8 Å². The van der Waals surface area contributed by atoms with Gasteiger partial charge in [-0.25, -0.2) is 18.4 Å². The van der Waals surface area contributed by atoms with E-state index in [2.05, 4.69) is 17.2 Å². The van der Waals surface area contributed by atoms with Crippen LogP contribution in [0.2, 0.25) is 0 Å². The Balaban J connectivity index is 1.87. The zero-order chi connectivity index (χ0) is 17.4. The van der Waals surface area contributed by atoms with E-state index >= 15 is 0 Å². The van der Waals surface area contributed by atoms with Crippen LogP contribution in [0.5, 0.6) is 0 Å². The molecule has 3 N–H and O–H groups in total. The molecule has 0 bridgehead atoms. The molecule has 124 valence electrons. The van der Waals surface area contributed by atoms with Gasteiger partial charge in [-0.1, -0.05) is 54.3 Å². The number of primary sulfonamides is 1. The number of sulfonamides is 1. The second-order valence-electron chi connectivity index (χ2n) is 4.76. The first-order chi connectivity index (χ1) is 11.5. The van der Waals surface area contributed by atoms with E-state index in [1.54, 1.807) is 18.2 Å². The van der Waals surface area contributed by atoms with Crippen molar-refractivity contribution in [3.05, 3.63) is 65.7 Å². The molecule has 2 aromatic rings. The van der Waals surface area contributed by atoms with Gasteiger partial charge >= 0.3 is 6.09 Å². The fourth-order valence-electron chi connectivity index (χ4n) is 1.85. The molecule has 0 atom stereocenters. The second kappa shape index (κ2) is 8.15. The average molecular weight is 344 g/mol. The molecule has 2 rings (SSSR count). The summed E-state index contributed by atoms with van der Waals surface area (Å²) in [5, 5.41) is 7.59. The summed E-state index contributed by atoms with van der Waals surface area (Å²) >= 11 is 0. The van der Waals surface area contributed by atoms with Gasteiger partial charge in [0, 0.05) is 5.56 Å². The van der Waals surface area contributed by atoms with Crippen LogP contribution in [0.15, 0.2) is 59.5 Å². The van der Waals surface area contributed by atoms with Crippen molar-refractivity contribution in [2.45, 2.75) is 11.5 Å². The number of amides is 1. The number of benzene rings is 2. The fraction of sp³-hybridized carbons (Fsp3) is 0.118. The molecular weight excluding hydrogens is 328 g/mol. The number of rotatable bonds is 4. The van der Waals surface area contributed by atoms with Gasteiger partial charge in [-0.3, -0.25) is 0 Å². The summed E-state index contributed by atoms with van der Waals surface area (Å²) in [4.78, 5) is 11.5. The van der Waals surface area contributed by atoms with Crippen LogP contribution in [0.25, 0.3) is 0 Å². The maximum atomic E-state index is 11.5. The second-order valence-corrected chi connectivity index (χ2v) is 6.29. The van der Waals surface area contributed by atoms with Gasteiger partial charge in [0.2, 0.25) is 10.0 Å². The van der Waals surface area contributed by atoms with Crippen molar-refractivity contribution in [1.82, 2.24) is 5.32 Å². The highest BCUT2D eigenvalue weighted by Gasteiger charge is 2.11. The molecule has 0 spiro atoms. The van der Waals surface area contributed by atoms with Crippen molar-refractivity contribution < 1.29 is 17.9 Å². The monoisotopic (exact) mass is 344 g/mol. The first-order valence-electron chi connectivity index (χ1n) is 7.02. The number of alkyl carbamates (subject to hydrolysis) is 1. The van der Waals surface area contributed by atoms with E-state index in [0.29, 0.717) is 0 Å². The van der Waals surface area contributed by atoms with Crippen LogP contribution in [-0.2, 0) is 21.4 Å². The number of carbonyl (C=O) groups excluding carboxylic acids is 1. The molecule has 0 radical (unpaired) electrons. The van der Waals surface area contributed by atoms with E-state index in [1.165, 1.54) is 6.07 Å². The molecule has 1 amide bonds. The zero-order valence-corrected chi connectivity index (χ0v) is 13.5. The van der Waals surface area contributed by atoms with Crippen molar-refractivity contribution in [2.75, 3.05) is 6.54 Å². The predicted molar refractivity (Wildman–Crippen MR) is 89.3 cm³/mol. The van der Waals surface area contributed by atoms with Crippen LogP contribution in [-0.4, -0.2) is 21.1 Å². The van der Waals surface area contributed by atoms with Crippen LogP contribution in [0.1, 0.15) is 11.1 Å². The van der Waals surface area contributed by atoms with E-state index in [1.807, 2.05) is 30.3 Å². The smallest absolute Gasteiger partial charge is 0.408 e. The quantitative estimate of drug-likeness (QED) is 0.823. The number of nitrogens with one attached hydrogen (secondary N) is 1. The van der Waals surface area contributed by atoms with E-state index in [0.717, 1.165) is 5.56 Å². The van der Waals surface area contributed by atoms with E-state index in [9.17, 15) is 13.2 Å². The Morgan fingerprint density at radius 3 is 2.46 bits per heavy atom. The van der Waals surface area contributed by atoms with Crippen molar-refractivity contribution in [3.63, 3.8) is 0 Å². The molecule has 0 heterocycles. The molecule has 0 aliphatic rings. The lowest BCUT2D eigenvalue weighted by atomic mass is 10.2. The summed E-state index contributed by atoms with van der Waals surface area (Å²) in [5.74, 6) is 5.33. The summed E-state index contributed by atoms with van der Waals surface area (Å²) in [5.41, 5.74) is 1.15. The highest BCUT2D eigenvalue weighted by molar-refractivity contribution is 7.89. The maximum absolute atomic E-state index is 11.5. The van der Waals surface area contributed by atoms with Gasteiger partial charge in [-0.2, -0.15) is 0 Å². The minimum atomic E-state index is -3.84. The number of carbonyl (C=O) groups is 1. The van der Waals surface area contributed by atoms with Gasteiger partial charge in [0.05, 0.1) is 11.4 Å².